The molecule has 1 saturated heterocycles. The SMILES string of the molecule is Cc1ccc(-c2ccc(/C=C/C(=O)Nc3ccc(N4CCOCC4)c(Br)c3)o2)cc1Cl. The van der Waals surface area contributed by atoms with Crippen LogP contribution in [0.2, 0.25) is 5.02 Å². The number of carbonyl (C=O) groups is 1. The second-order valence-corrected chi connectivity index (χ2v) is 8.52. The third-order valence-electron chi connectivity index (χ3n) is 5.05. The van der Waals surface area contributed by atoms with Gasteiger partial charge in [-0.25, -0.2) is 0 Å². The van der Waals surface area contributed by atoms with Crippen molar-refractivity contribution in [2.75, 3.05) is 36.5 Å². The van der Waals surface area contributed by atoms with Crippen LogP contribution in [0.15, 0.2) is 63.5 Å². The molecule has 4 rings (SSSR count). The number of benzene rings is 2. The summed E-state index contributed by atoms with van der Waals surface area (Å²) in [7, 11) is 0. The predicted octanol–water partition coefficient (Wildman–Crippen LogP) is 6.16. The Hall–Kier alpha value is -2.54. The molecule has 2 aromatic carbocycles. The van der Waals surface area contributed by atoms with E-state index in [0.29, 0.717) is 22.2 Å². The molecule has 1 aliphatic rings. The first-order valence-corrected chi connectivity index (χ1v) is 11.1. The summed E-state index contributed by atoms with van der Waals surface area (Å²) in [6.45, 7) is 5.11. The van der Waals surface area contributed by atoms with E-state index in [9.17, 15) is 4.79 Å². The van der Waals surface area contributed by atoms with E-state index in [2.05, 4.69) is 26.1 Å². The van der Waals surface area contributed by atoms with Crippen LogP contribution in [0.4, 0.5) is 11.4 Å². The smallest absolute Gasteiger partial charge is 0.248 e. The first-order valence-electron chi connectivity index (χ1n) is 9.97. The molecule has 0 unspecified atom stereocenters. The molecule has 1 amide bonds. The van der Waals surface area contributed by atoms with E-state index in [-0.39, 0.29) is 5.91 Å². The molecule has 0 aliphatic carbocycles. The maximum Gasteiger partial charge on any atom is 0.248 e. The van der Waals surface area contributed by atoms with Crippen LogP contribution in [0.1, 0.15) is 11.3 Å². The maximum atomic E-state index is 12.3. The van der Waals surface area contributed by atoms with Crippen molar-refractivity contribution in [2.24, 2.45) is 0 Å². The third kappa shape index (κ3) is 5.39. The van der Waals surface area contributed by atoms with Gasteiger partial charge in [0.25, 0.3) is 0 Å². The van der Waals surface area contributed by atoms with E-state index in [0.717, 1.165) is 47.6 Å². The Labute approximate surface area is 194 Å². The van der Waals surface area contributed by atoms with Gasteiger partial charge in [-0.3, -0.25) is 4.79 Å². The van der Waals surface area contributed by atoms with Gasteiger partial charge in [0.15, 0.2) is 0 Å². The molecule has 0 bridgehead atoms. The number of anilines is 2. The Morgan fingerprint density at radius 1 is 1.13 bits per heavy atom. The van der Waals surface area contributed by atoms with Gasteiger partial charge in [-0.2, -0.15) is 0 Å². The zero-order valence-electron chi connectivity index (χ0n) is 17.0. The number of nitrogens with zero attached hydrogens (tertiary/aromatic N) is 1. The van der Waals surface area contributed by atoms with Crippen LogP contribution >= 0.6 is 27.5 Å². The topological polar surface area (TPSA) is 54.7 Å². The zero-order chi connectivity index (χ0) is 21.8. The molecule has 1 aromatic heterocycles. The summed E-state index contributed by atoms with van der Waals surface area (Å²) in [6.07, 6.45) is 3.10. The lowest BCUT2D eigenvalue weighted by Crippen LogP contribution is -2.36. The summed E-state index contributed by atoms with van der Waals surface area (Å²) in [6, 6.07) is 15.3. The second kappa shape index (κ2) is 9.73. The molecule has 7 heteroatoms. The van der Waals surface area contributed by atoms with Gasteiger partial charge in [-0.05, 0) is 70.9 Å². The van der Waals surface area contributed by atoms with E-state index < -0.39 is 0 Å². The third-order valence-corrected chi connectivity index (χ3v) is 6.09. The van der Waals surface area contributed by atoms with Crippen molar-refractivity contribution < 1.29 is 13.9 Å². The van der Waals surface area contributed by atoms with E-state index >= 15 is 0 Å². The quantitative estimate of drug-likeness (QED) is 0.426. The standard InChI is InChI=1S/C24H22BrClN2O3/c1-16-2-3-17(14-21(16)26)23-8-5-19(31-23)6-9-24(29)27-18-4-7-22(20(25)15-18)28-10-12-30-13-11-28/h2-9,14-15H,10-13H2,1H3,(H,27,29)/b9-6+. The lowest BCUT2D eigenvalue weighted by atomic mass is 10.1. The van der Waals surface area contributed by atoms with E-state index in [1.165, 1.54) is 6.08 Å². The highest BCUT2D eigenvalue weighted by Crippen LogP contribution is 2.30. The van der Waals surface area contributed by atoms with E-state index in [1.54, 1.807) is 6.08 Å². The molecule has 5 nitrogen and oxygen atoms in total. The molecule has 3 aromatic rings. The summed E-state index contributed by atoms with van der Waals surface area (Å²) >= 11 is 9.80. The number of furan rings is 1. The largest absolute Gasteiger partial charge is 0.457 e. The van der Waals surface area contributed by atoms with Gasteiger partial charge in [-0.1, -0.05) is 23.7 Å². The first kappa shape index (κ1) is 21.7. The van der Waals surface area contributed by atoms with Crippen molar-refractivity contribution >= 4 is 50.9 Å². The Morgan fingerprint density at radius 2 is 1.94 bits per heavy atom. The second-order valence-electron chi connectivity index (χ2n) is 7.25. The van der Waals surface area contributed by atoms with Gasteiger partial charge in [-0.15, -0.1) is 0 Å². The minimum Gasteiger partial charge on any atom is -0.457 e. The number of carbonyl (C=O) groups excluding carboxylic acids is 1. The van der Waals surface area contributed by atoms with Crippen LogP contribution in [0.25, 0.3) is 17.4 Å². The Balaban J connectivity index is 1.39. The van der Waals surface area contributed by atoms with Gasteiger partial charge in [0.1, 0.15) is 11.5 Å². The number of rotatable bonds is 5. The number of hydrogen-bond acceptors (Lipinski definition) is 4. The number of halogens is 2. The highest BCUT2D eigenvalue weighted by Gasteiger charge is 2.14. The average molecular weight is 502 g/mol. The summed E-state index contributed by atoms with van der Waals surface area (Å²) in [5, 5.41) is 3.57. The minimum absolute atomic E-state index is 0.234. The van der Waals surface area contributed by atoms with Crippen LogP contribution < -0.4 is 10.2 Å². The van der Waals surface area contributed by atoms with E-state index in [4.69, 9.17) is 20.8 Å². The number of morpholine rings is 1. The highest BCUT2D eigenvalue weighted by molar-refractivity contribution is 9.10. The molecule has 0 atom stereocenters. The molecule has 0 radical (unpaired) electrons. The van der Waals surface area contributed by atoms with Gasteiger partial charge in [0.2, 0.25) is 5.91 Å². The van der Waals surface area contributed by atoms with Crippen LogP contribution in [0, 0.1) is 6.92 Å². The van der Waals surface area contributed by atoms with E-state index in [1.807, 2.05) is 55.5 Å². The average Bonchev–Trinajstić information content (AvgIpc) is 3.24. The molecular weight excluding hydrogens is 480 g/mol. The molecule has 1 aliphatic heterocycles. The fourth-order valence-corrected chi connectivity index (χ4v) is 4.14. The van der Waals surface area contributed by atoms with Crippen molar-refractivity contribution in [2.45, 2.75) is 6.92 Å². The summed E-state index contributed by atoms with van der Waals surface area (Å²) in [4.78, 5) is 14.6. The lowest BCUT2D eigenvalue weighted by molar-refractivity contribution is -0.111. The molecular formula is C24H22BrClN2O3. The van der Waals surface area contributed by atoms with Gasteiger partial charge < -0.3 is 19.4 Å². The molecule has 1 fully saturated rings. The Bertz CT molecular complexity index is 1120. The van der Waals surface area contributed by atoms with Crippen LogP contribution in [-0.2, 0) is 9.53 Å². The lowest BCUT2D eigenvalue weighted by Gasteiger charge is -2.29. The Morgan fingerprint density at radius 3 is 2.68 bits per heavy atom. The van der Waals surface area contributed by atoms with Gasteiger partial charge in [0.05, 0.1) is 18.9 Å². The minimum atomic E-state index is -0.234. The zero-order valence-corrected chi connectivity index (χ0v) is 19.4. The van der Waals surface area contributed by atoms with Gasteiger partial charge in [0, 0.05) is 39.9 Å². The van der Waals surface area contributed by atoms with Crippen molar-refractivity contribution in [1.29, 1.82) is 0 Å². The fraction of sp³-hybridized carbons (Fsp3) is 0.208. The number of aryl methyl sites for hydroxylation is 1. The maximum absolute atomic E-state index is 12.3. The van der Waals surface area contributed by atoms with Crippen molar-refractivity contribution in [3.8, 4) is 11.3 Å². The summed E-state index contributed by atoms with van der Waals surface area (Å²) < 4.78 is 12.2. The van der Waals surface area contributed by atoms with Crippen LogP contribution in [0.5, 0.6) is 0 Å². The number of hydrogen-bond donors (Lipinski definition) is 1. The van der Waals surface area contributed by atoms with Crippen LogP contribution in [0.3, 0.4) is 0 Å². The fourth-order valence-electron chi connectivity index (χ4n) is 3.33. The molecule has 160 valence electrons. The van der Waals surface area contributed by atoms with Gasteiger partial charge >= 0.3 is 0 Å². The predicted molar refractivity (Wildman–Crippen MR) is 129 cm³/mol. The number of ether oxygens (including phenoxy) is 1. The monoisotopic (exact) mass is 500 g/mol. The first-order chi connectivity index (χ1) is 15.0. The normalized spacial score (nSPS) is 14.2. The van der Waals surface area contributed by atoms with Crippen molar-refractivity contribution in [1.82, 2.24) is 0 Å². The molecule has 2 heterocycles. The molecule has 0 spiro atoms. The Kier molecular flexibility index (Phi) is 6.80. The number of amides is 1. The highest BCUT2D eigenvalue weighted by atomic mass is 79.9. The summed E-state index contributed by atoms with van der Waals surface area (Å²) in [5.74, 6) is 1.05. The van der Waals surface area contributed by atoms with Crippen LogP contribution in [-0.4, -0.2) is 32.2 Å². The summed E-state index contributed by atoms with van der Waals surface area (Å²) in [5.41, 5.74) is 3.72. The van der Waals surface area contributed by atoms with Crippen molar-refractivity contribution in [3.05, 3.63) is 75.4 Å². The molecule has 31 heavy (non-hydrogen) atoms. The van der Waals surface area contributed by atoms with Crippen molar-refractivity contribution in [3.63, 3.8) is 0 Å². The molecule has 1 N–H and O–H groups in total. The number of nitrogens with one attached hydrogen (secondary N) is 1. The molecule has 0 saturated carbocycles.